The molecule has 108 valence electrons. The Balaban J connectivity index is 2.58. The molecular weight excluding hydrogens is 268 g/mol. The monoisotopic (exact) mass is 282 g/mol. The van der Waals surface area contributed by atoms with Crippen LogP contribution in [0.5, 0.6) is 0 Å². The van der Waals surface area contributed by atoms with Gasteiger partial charge in [0.05, 0.1) is 0 Å². The second-order valence-corrected chi connectivity index (χ2v) is 3.91. The van der Waals surface area contributed by atoms with Crippen molar-refractivity contribution >= 4 is 5.91 Å². The normalized spacial score (nSPS) is 15.1. The van der Waals surface area contributed by atoms with Crippen LogP contribution >= 0.6 is 0 Å². The molecular formula is C11H14F4N2O2. The molecule has 0 unspecified atom stereocenters. The molecule has 0 radical (unpaired) electrons. The summed E-state index contributed by atoms with van der Waals surface area (Å²) >= 11 is 0. The average molecular weight is 282 g/mol. The van der Waals surface area contributed by atoms with E-state index >= 15 is 0 Å². The van der Waals surface area contributed by atoms with E-state index in [1.54, 1.807) is 29.9 Å². The summed E-state index contributed by atoms with van der Waals surface area (Å²) in [5.74, 6) is -6.17. The zero-order valence-corrected chi connectivity index (χ0v) is 10.4. The van der Waals surface area contributed by atoms with Crippen LogP contribution in [0, 0.1) is 0 Å². The third-order valence-corrected chi connectivity index (χ3v) is 2.66. The molecule has 1 atom stereocenters. The van der Waals surface area contributed by atoms with Gasteiger partial charge in [0.25, 0.3) is 5.91 Å². The number of halogens is 4. The van der Waals surface area contributed by atoms with Gasteiger partial charge in [-0.3, -0.25) is 4.79 Å². The Morgan fingerprint density at radius 3 is 2.47 bits per heavy atom. The van der Waals surface area contributed by atoms with E-state index in [0.717, 1.165) is 5.69 Å². The van der Waals surface area contributed by atoms with E-state index in [0.29, 0.717) is 7.11 Å². The minimum atomic E-state index is -5.42. The van der Waals surface area contributed by atoms with E-state index in [1.807, 2.05) is 5.32 Å². The number of hydrogen-bond donors (Lipinski definition) is 1. The second-order valence-electron chi connectivity index (χ2n) is 3.91. The minimum absolute atomic E-state index is 0.123. The van der Waals surface area contributed by atoms with Crippen LogP contribution in [0.15, 0.2) is 18.3 Å². The predicted octanol–water partition coefficient (Wildman–Crippen LogP) is 1.56. The second kappa shape index (κ2) is 5.60. The first-order chi connectivity index (χ1) is 8.72. The summed E-state index contributed by atoms with van der Waals surface area (Å²) in [4.78, 5) is 11.2. The first-order valence-corrected chi connectivity index (χ1v) is 5.41. The number of amides is 1. The van der Waals surface area contributed by atoms with E-state index in [9.17, 15) is 22.4 Å². The number of methoxy groups -OCH3 is 1. The molecule has 1 rings (SSSR count). The van der Waals surface area contributed by atoms with Crippen molar-refractivity contribution in [2.24, 2.45) is 7.05 Å². The van der Waals surface area contributed by atoms with Crippen molar-refractivity contribution in [1.29, 1.82) is 0 Å². The fraction of sp³-hybridized carbons (Fsp3) is 0.545. The topological polar surface area (TPSA) is 43.3 Å². The fourth-order valence-corrected chi connectivity index (χ4v) is 1.51. The number of nitrogens with zero attached hydrogens (tertiary/aromatic N) is 1. The van der Waals surface area contributed by atoms with E-state index in [1.165, 1.54) is 0 Å². The molecule has 0 aliphatic rings. The summed E-state index contributed by atoms with van der Waals surface area (Å²) < 4.78 is 55.9. The van der Waals surface area contributed by atoms with Crippen LogP contribution in [-0.4, -0.2) is 36.2 Å². The highest BCUT2D eigenvalue weighted by Gasteiger charge is 2.63. The molecule has 4 nitrogen and oxygen atoms in total. The Morgan fingerprint density at radius 1 is 1.42 bits per heavy atom. The van der Waals surface area contributed by atoms with Gasteiger partial charge in [-0.15, -0.1) is 0 Å². The number of carbonyl (C=O) groups excluding carboxylic acids is 1. The predicted molar refractivity (Wildman–Crippen MR) is 59.0 cm³/mol. The number of ether oxygens (including phenoxy) is 1. The zero-order chi connectivity index (χ0) is 14.7. The van der Waals surface area contributed by atoms with Gasteiger partial charge in [0, 0.05) is 39.0 Å². The third kappa shape index (κ3) is 3.25. The summed E-state index contributed by atoms with van der Waals surface area (Å²) in [6, 6.07) is 3.50. The summed E-state index contributed by atoms with van der Waals surface area (Å²) in [7, 11) is 2.24. The summed E-state index contributed by atoms with van der Waals surface area (Å²) in [5, 5.41) is 1.87. The van der Waals surface area contributed by atoms with E-state index in [2.05, 4.69) is 4.74 Å². The smallest absolute Gasteiger partial charge is 0.354 e. The molecule has 1 amide bonds. The first kappa shape index (κ1) is 15.5. The Bertz CT molecular complexity index is 444. The maximum atomic E-state index is 13.4. The van der Waals surface area contributed by atoms with Gasteiger partial charge >= 0.3 is 12.0 Å². The molecule has 0 saturated carbocycles. The summed E-state index contributed by atoms with van der Waals surface area (Å²) in [6.45, 7) is -0.123. The van der Waals surface area contributed by atoms with Crippen LogP contribution in [0.4, 0.5) is 17.6 Å². The summed E-state index contributed by atoms with van der Waals surface area (Å²) in [5.41, 5.74) is 0.800. The van der Waals surface area contributed by atoms with Crippen molar-refractivity contribution in [3.05, 3.63) is 24.0 Å². The van der Waals surface area contributed by atoms with E-state index in [4.69, 9.17) is 0 Å². The van der Waals surface area contributed by atoms with Gasteiger partial charge in [-0.05, 0) is 12.1 Å². The minimum Gasteiger partial charge on any atom is -0.354 e. The lowest BCUT2D eigenvalue weighted by Gasteiger charge is -2.24. The number of rotatable bonds is 5. The van der Waals surface area contributed by atoms with Crippen LogP contribution in [0.1, 0.15) is 5.69 Å². The summed E-state index contributed by atoms with van der Waals surface area (Å²) in [6.07, 6.45) is -3.38. The van der Waals surface area contributed by atoms with Gasteiger partial charge in [-0.2, -0.15) is 17.6 Å². The highest BCUT2D eigenvalue weighted by molar-refractivity contribution is 5.84. The highest BCUT2D eigenvalue weighted by Crippen LogP contribution is 2.34. The van der Waals surface area contributed by atoms with Gasteiger partial charge in [0.1, 0.15) is 0 Å². The Labute approximate surface area is 107 Å². The van der Waals surface area contributed by atoms with Gasteiger partial charge in [-0.25, -0.2) is 0 Å². The van der Waals surface area contributed by atoms with Crippen molar-refractivity contribution in [3.63, 3.8) is 0 Å². The van der Waals surface area contributed by atoms with Crippen LogP contribution in [0.3, 0.4) is 0 Å². The van der Waals surface area contributed by atoms with Gasteiger partial charge in [-0.1, -0.05) is 0 Å². The number of aryl methyl sites for hydroxylation is 1. The molecule has 1 aromatic heterocycles. The Kier molecular flexibility index (Phi) is 4.56. The van der Waals surface area contributed by atoms with Gasteiger partial charge < -0.3 is 14.6 Å². The largest absolute Gasteiger partial charge is 0.458 e. The number of carbonyl (C=O) groups is 1. The average Bonchev–Trinajstić information content (AvgIpc) is 2.72. The van der Waals surface area contributed by atoms with Crippen LogP contribution < -0.4 is 5.32 Å². The lowest BCUT2D eigenvalue weighted by atomic mass is 10.2. The maximum absolute atomic E-state index is 13.4. The van der Waals surface area contributed by atoms with Crippen molar-refractivity contribution in [2.45, 2.75) is 18.5 Å². The molecule has 0 bridgehead atoms. The Morgan fingerprint density at radius 2 is 2.05 bits per heavy atom. The van der Waals surface area contributed by atoms with Gasteiger partial charge in [0.2, 0.25) is 0 Å². The maximum Gasteiger partial charge on any atom is 0.458 e. The van der Waals surface area contributed by atoms with Gasteiger partial charge in [0.15, 0.2) is 0 Å². The standard InChI is InChI=1S/C11H14F4N2O2/c1-17-7-3-4-8(17)5-6-16-9(18)10(12,19-2)11(13,14)15/h3-4,7H,5-6H2,1-2H3,(H,16,18)/t10-/m1/s1. The zero-order valence-electron chi connectivity index (χ0n) is 10.4. The number of aromatic nitrogens is 1. The molecule has 0 spiro atoms. The quantitative estimate of drug-likeness (QED) is 0.833. The highest BCUT2D eigenvalue weighted by atomic mass is 19.4. The molecule has 1 aromatic rings. The molecule has 0 aliphatic heterocycles. The van der Waals surface area contributed by atoms with Crippen LogP contribution in [-0.2, 0) is 23.0 Å². The number of hydrogen-bond acceptors (Lipinski definition) is 2. The lowest BCUT2D eigenvalue weighted by Crippen LogP contribution is -2.55. The number of alkyl halides is 4. The van der Waals surface area contributed by atoms with Crippen molar-refractivity contribution in [2.75, 3.05) is 13.7 Å². The van der Waals surface area contributed by atoms with E-state index < -0.39 is 17.9 Å². The van der Waals surface area contributed by atoms with Crippen molar-refractivity contribution in [3.8, 4) is 0 Å². The molecule has 19 heavy (non-hydrogen) atoms. The van der Waals surface area contributed by atoms with E-state index in [-0.39, 0.29) is 13.0 Å². The molecule has 1 heterocycles. The molecule has 8 heteroatoms. The number of nitrogens with one attached hydrogen (secondary N) is 1. The fourth-order valence-electron chi connectivity index (χ4n) is 1.51. The molecule has 0 saturated heterocycles. The first-order valence-electron chi connectivity index (χ1n) is 5.41. The molecule has 0 fully saturated rings. The van der Waals surface area contributed by atoms with Crippen LogP contribution in [0.2, 0.25) is 0 Å². The molecule has 0 aromatic carbocycles. The molecule has 1 N–H and O–H groups in total. The Hall–Kier alpha value is -1.57. The van der Waals surface area contributed by atoms with Crippen LogP contribution in [0.25, 0.3) is 0 Å². The molecule has 0 aliphatic carbocycles. The van der Waals surface area contributed by atoms with Crippen molar-refractivity contribution < 1.29 is 27.1 Å². The third-order valence-electron chi connectivity index (χ3n) is 2.66. The SMILES string of the molecule is CO[C@](F)(C(=O)NCCc1cccn1C)C(F)(F)F. The lowest BCUT2D eigenvalue weighted by molar-refractivity contribution is -0.307. The van der Waals surface area contributed by atoms with Crippen molar-refractivity contribution in [1.82, 2.24) is 9.88 Å².